The molecule has 0 aromatic heterocycles. The maximum Gasteiger partial charge on any atom is 0.145 e. The van der Waals surface area contributed by atoms with Gasteiger partial charge in [-0.2, -0.15) is 0 Å². The largest absolute Gasteiger partial charge is 0.372 e. The number of hydrogen-bond donors (Lipinski definition) is 1. The molecule has 0 heterocycles. The quantitative estimate of drug-likeness (QED) is 0.597. The van der Waals surface area contributed by atoms with E-state index in [-0.39, 0.29) is 12.6 Å². The van der Waals surface area contributed by atoms with Gasteiger partial charge in [-0.1, -0.05) is 23.7 Å². The van der Waals surface area contributed by atoms with Gasteiger partial charge in [-0.3, -0.25) is 0 Å². The maximum absolute atomic E-state index is 9.99. The molecule has 0 spiro atoms. The second-order valence-electron chi connectivity index (χ2n) is 2.87. The molecule has 0 fully saturated rings. The Hall–Kier alpha value is -0.900. The monoisotopic (exact) mass is 213 g/mol. The lowest BCUT2D eigenvalue weighted by molar-refractivity contribution is -0.112. The van der Waals surface area contributed by atoms with E-state index < -0.39 is 0 Å². The lowest BCUT2D eigenvalue weighted by Crippen LogP contribution is -2.17. The Labute approximate surface area is 87.8 Å². The van der Waals surface area contributed by atoms with Gasteiger partial charge in [-0.15, -0.1) is 0 Å². The molecule has 4 heteroatoms. The zero-order valence-electron chi connectivity index (χ0n) is 7.65. The average Bonchev–Trinajstić information content (AvgIpc) is 2.18. The number of benzene rings is 1. The van der Waals surface area contributed by atoms with Crippen LogP contribution in [0.3, 0.4) is 0 Å². The molecule has 0 radical (unpaired) electrons. The highest BCUT2D eigenvalue weighted by atomic mass is 35.5. The highest BCUT2D eigenvalue weighted by Crippen LogP contribution is 2.15. The molecule has 1 aromatic carbocycles. The minimum atomic E-state index is -0.242. The highest BCUT2D eigenvalue weighted by molar-refractivity contribution is 6.30. The van der Waals surface area contributed by atoms with Crippen LogP contribution in [0.25, 0.3) is 0 Å². The van der Waals surface area contributed by atoms with Crippen molar-refractivity contribution in [1.82, 2.24) is 0 Å². The molecule has 0 amide bonds. The van der Waals surface area contributed by atoms with Gasteiger partial charge in [0.1, 0.15) is 12.9 Å². The zero-order chi connectivity index (χ0) is 10.4. The molecule has 1 rings (SSSR count). The number of carbonyl (C=O) groups excluding carboxylic acids is 1. The van der Waals surface area contributed by atoms with Gasteiger partial charge in [0.25, 0.3) is 0 Å². The van der Waals surface area contributed by atoms with Crippen LogP contribution in [0.4, 0.5) is 0 Å². The van der Waals surface area contributed by atoms with Crippen LogP contribution < -0.4 is 5.73 Å². The smallest absolute Gasteiger partial charge is 0.145 e. The summed E-state index contributed by atoms with van der Waals surface area (Å²) >= 11 is 5.80. The van der Waals surface area contributed by atoms with Crippen molar-refractivity contribution in [2.75, 3.05) is 13.2 Å². The molecule has 1 aromatic rings. The molecular weight excluding hydrogens is 202 g/mol. The molecule has 0 unspecified atom stereocenters. The van der Waals surface area contributed by atoms with Crippen molar-refractivity contribution >= 4 is 17.9 Å². The molecular formula is C10H12ClNO2. The van der Waals surface area contributed by atoms with Crippen molar-refractivity contribution < 1.29 is 9.53 Å². The van der Waals surface area contributed by atoms with Gasteiger partial charge in [0.15, 0.2) is 0 Å². The van der Waals surface area contributed by atoms with Gasteiger partial charge in [-0.25, -0.2) is 0 Å². The van der Waals surface area contributed by atoms with E-state index in [2.05, 4.69) is 0 Å². The fourth-order valence-electron chi connectivity index (χ4n) is 1.08. The third-order valence-corrected chi connectivity index (χ3v) is 2.00. The first kappa shape index (κ1) is 11.2. The van der Waals surface area contributed by atoms with Crippen LogP contribution in [-0.2, 0) is 9.53 Å². The number of halogens is 1. The van der Waals surface area contributed by atoms with Gasteiger partial charge in [-0.05, 0) is 17.7 Å². The summed E-state index contributed by atoms with van der Waals surface area (Å²) in [6.45, 7) is 0.396. The third-order valence-electron chi connectivity index (χ3n) is 1.76. The zero-order valence-corrected chi connectivity index (χ0v) is 8.41. The molecule has 0 aliphatic carbocycles. The molecule has 0 saturated carbocycles. The Balaban J connectivity index is 2.51. The molecule has 0 aliphatic heterocycles. The summed E-state index contributed by atoms with van der Waals surface area (Å²) in [5.41, 5.74) is 6.71. The van der Waals surface area contributed by atoms with Gasteiger partial charge < -0.3 is 15.3 Å². The number of carbonyl (C=O) groups is 1. The van der Waals surface area contributed by atoms with Crippen LogP contribution >= 0.6 is 11.6 Å². The number of aldehydes is 1. The summed E-state index contributed by atoms with van der Waals surface area (Å²) < 4.78 is 5.00. The average molecular weight is 214 g/mol. The van der Waals surface area contributed by atoms with Gasteiger partial charge in [0.05, 0.1) is 12.6 Å². The van der Waals surface area contributed by atoms with E-state index in [0.717, 1.165) is 5.56 Å². The van der Waals surface area contributed by atoms with Crippen molar-refractivity contribution in [2.45, 2.75) is 6.04 Å². The van der Waals surface area contributed by atoms with Crippen molar-refractivity contribution in [3.63, 3.8) is 0 Å². The van der Waals surface area contributed by atoms with E-state index in [0.29, 0.717) is 17.9 Å². The standard InChI is InChI=1S/C10H12ClNO2/c11-9-3-1-2-8(6-9)10(12)7-14-5-4-13/h1-4,6,10H,5,7,12H2/t10-/m1/s1. The summed E-state index contributed by atoms with van der Waals surface area (Å²) in [6.07, 6.45) is 0.699. The molecule has 2 N–H and O–H groups in total. The minimum absolute atomic E-state index is 0.0776. The van der Waals surface area contributed by atoms with E-state index in [1.807, 2.05) is 12.1 Å². The van der Waals surface area contributed by atoms with Gasteiger partial charge >= 0.3 is 0 Å². The SMILES string of the molecule is N[C@H](COCC=O)c1cccc(Cl)c1. The fraction of sp³-hybridized carbons (Fsp3) is 0.300. The first-order valence-electron chi connectivity index (χ1n) is 4.26. The lowest BCUT2D eigenvalue weighted by Gasteiger charge is -2.11. The second-order valence-corrected chi connectivity index (χ2v) is 3.30. The van der Waals surface area contributed by atoms with Crippen LogP contribution in [0, 0.1) is 0 Å². The molecule has 0 aliphatic rings. The van der Waals surface area contributed by atoms with E-state index in [1.54, 1.807) is 12.1 Å². The van der Waals surface area contributed by atoms with Gasteiger partial charge in [0, 0.05) is 5.02 Å². The first-order valence-corrected chi connectivity index (χ1v) is 4.64. The van der Waals surface area contributed by atoms with Crippen molar-refractivity contribution in [2.24, 2.45) is 5.73 Å². The summed E-state index contributed by atoms with van der Waals surface area (Å²) in [5, 5.41) is 0.647. The first-order chi connectivity index (χ1) is 6.74. The Morgan fingerprint density at radius 2 is 2.36 bits per heavy atom. The van der Waals surface area contributed by atoms with Crippen molar-refractivity contribution in [3.05, 3.63) is 34.9 Å². The van der Waals surface area contributed by atoms with E-state index in [9.17, 15) is 4.79 Å². The molecule has 14 heavy (non-hydrogen) atoms. The summed E-state index contributed by atoms with van der Waals surface area (Å²) in [7, 11) is 0. The Bertz CT molecular complexity index is 304. The second kappa shape index (κ2) is 5.75. The lowest BCUT2D eigenvalue weighted by atomic mass is 10.1. The summed E-state index contributed by atoms with van der Waals surface area (Å²) in [4.78, 5) is 9.99. The molecule has 0 saturated heterocycles. The third kappa shape index (κ3) is 3.46. The highest BCUT2D eigenvalue weighted by Gasteiger charge is 2.05. The van der Waals surface area contributed by atoms with E-state index in [4.69, 9.17) is 22.1 Å². The maximum atomic E-state index is 9.99. The number of ether oxygens (including phenoxy) is 1. The Morgan fingerprint density at radius 3 is 3.00 bits per heavy atom. The predicted molar refractivity (Wildman–Crippen MR) is 55.3 cm³/mol. The number of rotatable bonds is 5. The molecule has 76 valence electrons. The summed E-state index contributed by atoms with van der Waals surface area (Å²) in [6, 6.07) is 7.03. The molecule has 1 atom stereocenters. The van der Waals surface area contributed by atoms with E-state index >= 15 is 0 Å². The van der Waals surface area contributed by atoms with Crippen LogP contribution in [-0.4, -0.2) is 19.5 Å². The van der Waals surface area contributed by atoms with E-state index in [1.165, 1.54) is 0 Å². The van der Waals surface area contributed by atoms with Crippen LogP contribution in [0.5, 0.6) is 0 Å². The number of nitrogens with two attached hydrogens (primary N) is 1. The van der Waals surface area contributed by atoms with Crippen LogP contribution in [0.1, 0.15) is 11.6 Å². The van der Waals surface area contributed by atoms with Crippen LogP contribution in [0.2, 0.25) is 5.02 Å². The predicted octanol–water partition coefficient (Wildman–Crippen LogP) is 1.56. The normalized spacial score (nSPS) is 12.4. The topological polar surface area (TPSA) is 52.3 Å². The number of hydrogen-bond acceptors (Lipinski definition) is 3. The minimum Gasteiger partial charge on any atom is -0.372 e. The van der Waals surface area contributed by atoms with Gasteiger partial charge in [0.2, 0.25) is 0 Å². The van der Waals surface area contributed by atoms with Crippen LogP contribution in [0.15, 0.2) is 24.3 Å². The molecule has 0 bridgehead atoms. The van der Waals surface area contributed by atoms with Crippen molar-refractivity contribution in [3.8, 4) is 0 Å². The Morgan fingerprint density at radius 1 is 1.57 bits per heavy atom. The fourth-order valence-corrected chi connectivity index (χ4v) is 1.28. The summed E-state index contributed by atoms with van der Waals surface area (Å²) in [5.74, 6) is 0. The Kier molecular flexibility index (Phi) is 4.59. The molecule has 3 nitrogen and oxygen atoms in total. The van der Waals surface area contributed by atoms with Crippen molar-refractivity contribution in [1.29, 1.82) is 0 Å².